The van der Waals surface area contributed by atoms with E-state index in [0.29, 0.717) is 86.3 Å². The smallest absolute Gasteiger partial charge is 0.493 e. The van der Waals surface area contributed by atoms with Crippen molar-refractivity contribution in [2.75, 3.05) is 54.9 Å². The van der Waals surface area contributed by atoms with Gasteiger partial charge in [-0.1, -0.05) is 57.6 Å². The molecule has 0 aromatic heterocycles. The molecule has 2 heterocycles. The Morgan fingerprint density at radius 3 is 1.29 bits per heavy atom. The molecule has 0 spiro atoms. The zero-order chi connectivity index (χ0) is 68.2. The van der Waals surface area contributed by atoms with Crippen molar-refractivity contribution in [2.45, 2.75) is 230 Å². The minimum absolute atomic E-state index is 0.0135. The van der Waals surface area contributed by atoms with Crippen molar-refractivity contribution in [3.63, 3.8) is 0 Å². The summed E-state index contributed by atoms with van der Waals surface area (Å²) in [6.07, 6.45) is -1.11. The zero-order valence-corrected chi connectivity index (χ0v) is 58.6. The number of carbonyl (C=O) groups is 6. The quantitative estimate of drug-likeness (QED) is 0.0296. The molecule has 0 saturated carbocycles. The number of imide groups is 2. The Morgan fingerprint density at radius 1 is 0.544 bits per heavy atom. The normalized spacial score (nSPS) is 18.8. The van der Waals surface area contributed by atoms with Crippen LogP contribution >= 0.6 is 0 Å². The molecule has 20 nitrogen and oxygen atoms in total. The van der Waals surface area contributed by atoms with E-state index < -0.39 is 88.9 Å². The third kappa shape index (κ3) is 25.6. The largest absolute Gasteiger partial charge is 0.509 e. The number of piperidine rings is 2. The second-order valence-electron chi connectivity index (χ2n) is 28.3. The molecule has 4 rings (SSSR count). The van der Waals surface area contributed by atoms with Crippen LogP contribution in [0.25, 0.3) is 0 Å². The van der Waals surface area contributed by atoms with Crippen molar-refractivity contribution < 1.29 is 85.6 Å². The Bertz CT molecular complexity index is 2720. The Hall–Kier alpha value is -6.54. The first-order valence-electron chi connectivity index (χ1n) is 31.5. The van der Waals surface area contributed by atoms with Gasteiger partial charge in [-0.25, -0.2) is 29.0 Å². The van der Waals surface area contributed by atoms with Crippen LogP contribution in [0, 0.1) is 29.6 Å². The Morgan fingerprint density at radius 2 is 0.933 bits per heavy atom. The third-order valence-corrected chi connectivity index (χ3v) is 15.0. The average Bonchev–Trinajstić information content (AvgIpc) is 0.811. The van der Waals surface area contributed by atoms with Crippen LogP contribution in [0.1, 0.15) is 181 Å². The van der Waals surface area contributed by atoms with Gasteiger partial charge in [0.15, 0.2) is 23.0 Å². The maximum Gasteiger partial charge on any atom is 0.509 e. The molecular weight excluding hydrogens is 1160 g/mol. The second kappa shape index (κ2) is 34.8. The molecule has 4 amide bonds. The highest BCUT2D eigenvalue weighted by atomic mass is 16.7. The number of rotatable bonds is 25. The van der Waals surface area contributed by atoms with Gasteiger partial charge in [0.2, 0.25) is 5.91 Å². The lowest BCUT2D eigenvalue weighted by Crippen LogP contribution is -2.60. The molecule has 2 aliphatic rings. The summed E-state index contributed by atoms with van der Waals surface area (Å²) in [5.41, 5.74) is 0.489. The molecule has 2 aromatic carbocycles. The molecule has 20 heteroatoms. The molecule has 90 heavy (non-hydrogen) atoms. The summed E-state index contributed by atoms with van der Waals surface area (Å²) in [4.78, 5) is 83.4. The summed E-state index contributed by atoms with van der Waals surface area (Å²) in [6, 6.07) is 10.1. The molecule has 2 aromatic rings. The molecule has 2 saturated heterocycles. The van der Waals surface area contributed by atoms with Crippen LogP contribution < -0.4 is 18.9 Å². The Balaban J connectivity index is 0.000000470. The third-order valence-electron chi connectivity index (χ3n) is 15.0. The molecule has 1 unspecified atom stereocenters. The number of carbonyl (C=O) groups excluding carboxylic acids is 6. The molecule has 0 bridgehead atoms. The van der Waals surface area contributed by atoms with Crippen LogP contribution in [0.5, 0.6) is 23.0 Å². The van der Waals surface area contributed by atoms with Gasteiger partial charge in [0.25, 0.3) is 5.91 Å². The number of allylic oxidation sites excluding steroid dienone is 1. The van der Waals surface area contributed by atoms with Crippen molar-refractivity contribution in [2.24, 2.45) is 29.6 Å². The first-order chi connectivity index (χ1) is 41.7. The number of nitrogens with zero attached hydrogens (tertiary/aromatic N) is 2. The van der Waals surface area contributed by atoms with Gasteiger partial charge in [-0.2, -0.15) is 0 Å². The van der Waals surface area contributed by atoms with Crippen molar-refractivity contribution in [3.05, 3.63) is 70.8 Å². The van der Waals surface area contributed by atoms with Gasteiger partial charge in [-0.3, -0.25) is 9.59 Å². The number of methoxy groups -OCH3 is 4. The summed E-state index contributed by atoms with van der Waals surface area (Å²) in [5, 5.41) is 0. The van der Waals surface area contributed by atoms with Crippen molar-refractivity contribution in [1.29, 1.82) is 0 Å². The monoisotopic (exact) mass is 1270 g/mol. The van der Waals surface area contributed by atoms with E-state index in [4.69, 9.17) is 56.8 Å². The van der Waals surface area contributed by atoms with Gasteiger partial charge in [0.05, 0.1) is 45.4 Å². The SMILES string of the molecule is C=C(C)C1C[C@H](OC(=O)OC(C)(C)C)[C@H](C[C@H](Cc2ccc(OC)c(OCCCOC)c2)C(C)C)N(C(=O)OC(C)(C)C)C1=O.COCCCOc1cc(C[C@@H](C[C@H]2[C@@H](OC(=O)OC(C)(C)C)CC(=C(C)C)C(=O)N2C(=O)OC(C)(C)C)C(C)C)ccc1OC. The summed E-state index contributed by atoms with van der Waals surface area (Å²) in [7, 11) is 6.51. The number of ether oxygens (including phenoxy) is 12. The molecular formula is C70H110N2O18. The van der Waals surface area contributed by atoms with E-state index >= 15 is 0 Å². The number of hydrogen-bond donors (Lipinski definition) is 0. The lowest BCUT2D eigenvalue weighted by molar-refractivity contribution is -0.148. The molecule has 0 aliphatic carbocycles. The fourth-order valence-corrected chi connectivity index (χ4v) is 10.4. The molecule has 508 valence electrons. The van der Waals surface area contributed by atoms with Crippen LogP contribution in [0.3, 0.4) is 0 Å². The highest BCUT2D eigenvalue weighted by molar-refractivity contribution is 6.04. The summed E-state index contributed by atoms with van der Waals surface area (Å²) in [5.74, 6) is 1.22. The zero-order valence-electron chi connectivity index (χ0n) is 58.6. The summed E-state index contributed by atoms with van der Waals surface area (Å²) < 4.78 is 67.6. The maximum atomic E-state index is 13.9. The predicted octanol–water partition coefficient (Wildman–Crippen LogP) is 14.9. The van der Waals surface area contributed by atoms with Crippen LogP contribution in [0.15, 0.2) is 59.7 Å². The highest BCUT2D eigenvalue weighted by Crippen LogP contribution is 2.40. The fraction of sp³-hybridized carbons (Fsp3) is 0.686. The standard InChI is InChI=1S/2C35H55NO9/c2*1-22(2)25(18-24-14-15-28(41-12)30(19-24)42-17-13-16-40-11)20-27-29(43-33(39)45-35(8,9)10)21-26(23(3)4)31(37)36(27)32(38)44-34(5,6)7/h14-15,19,22,25,27,29H,13,16-18,20-21H2,1-12H3;14-15,19,22,25-27,29H,3,13,16-18,20-21H2,1-2,4-12H3/t25-,27-,29-;25-,26?,27-,29-/m00/s1. The lowest BCUT2D eigenvalue weighted by Gasteiger charge is -2.44. The Kier molecular flexibility index (Phi) is 30.0. The van der Waals surface area contributed by atoms with Gasteiger partial charge in [-0.05, 0) is 189 Å². The highest BCUT2D eigenvalue weighted by Gasteiger charge is 2.50. The van der Waals surface area contributed by atoms with Crippen LogP contribution in [-0.2, 0) is 60.3 Å². The summed E-state index contributed by atoms with van der Waals surface area (Å²) >= 11 is 0. The van der Waals surface area contributed by atoms with E-state index in [1.807, 2.05) is 36.4 Å². The van der Waals surface area contributed by atoms with E-state index in [1.165, 1.54) is 0 Å². The van der Waals surface area contributed by atoms with Crippen LogP contribution in [0.4, 0.5) is 19.2 Å². The second-order valence-corrected chi connectivity index (χ2v) is 28.3. The van der Waals surface area contributed by atoms with E-state index in [1.54, 1.807) is 132 Å². The first-order valence-corrected chi connectivity index (χ1v) is 31.5. The number of hydrogen-bond acceptors (Lipinski definition) is 18. The topological polar surface area (TPSA) is 220 Å². The van der Waals surface area contributed by atoms with Gasteiger partial charge >= 0.3 is 24.5 Å². The minimum Gasteiger partial charge on any atom is -0.493 e. The molecule has 0 radical (unpaired) electrons. The van der Waals surface area contributed by atoms with Crippen LogP contribution in [-0.4, -0.2) is 148 Å². The van der Waals surface area contributed by atoms with E-state index in [-0.39, 0.29) is 36.5 Å². The van der Waals surface area contributed by atoms with E-state index in [2.05, 4.69) is 34.3 Å². The lowest BCUT2D eigenvalue weighted by atomic mass is 9.78. The molecule has 7 atom stereocenters. The van der Waals surface area contributed by atoms with Gasteiger partial charge < -0.3 is 56.8 Å². The van der Waals surface area contributed by atoms with Crippen molar-refractivity contribution >= 4 is 36.3 Å². The van der Waals surface area contributed by atoms with Gasteiger partial charge in [0, 0.05) is 58.7 Å². The first kappa shape index (κ1) is 77.7. The number of benzene rings is 2. The molecule has 2 aliphatic heterocycles. The maximum absolute atomic E-state index is 13.9. The van der Waals surface area contributed by atoms with Crippen LogP contribution in [0.2, 0.25) is 0 Å². The fourth-order valence-electron chi connectivity index (χ4n) is 10.4. The number of likely N-dealkylation sites (tertiary alicyclic amines) is 2. The van der Waals surface area contributed by atoms with Crippen molar-refractivity contribution in [1.82, 2.24) is 9.80 Å². The average molecular weight is 1270 g/mol. The van der Waals surface area contributed by atoms with E-state index in [0.717, 1.165) is 39.3 Å². The number of amides is 4. The predicted molar refractivity (Wildman–Crippen MR) is 345 cm³/mol. The Labute approximate surface area is 537 Å². The van der Waals surface area contributed by atoms with Gasteiger partial charge in [0.1, 0.15) is 34.6 Å². The van der Waals surface area contributed by atoms with Crippen molar-refractivity contribution in [3.8, 4) is 23.0 Å². The molecule has 0 N–H and O–H groups in total. The summed E-state index contributed by atoms with van der Waals surface area (Å²) in [6.45, 7) is 40.9. The van der Waals surface area contributed by atoms with Gasteiger partial charge in [-0.15, -0.1) is 0 Å². The molecule has 2 fully saturated rings. The van der Waals surface area contributed by atoms with E-state index in [9.17, 15) is 28.8 Å². The minimum atomic E-state index is -0.858.